The zero-order chi connectivity index (χ0) is 14.1. The number of methoxy groups -OCH3 is 2. The quantitative estimate of drug-likeness (QED) is 0.734. The van der Waals surface area contributed by atoms with Crippen LogP contribution < -0.4 is 5.32 Å². The first kappa shape index (κ1) is 15.5. The van der Waals surface area contributed by atoms with Crippen molar-refractivity contribution in [2.75, 3.05) is 19.5 Å². The number of ether oxygens (including phenoxy) is 2. The van der Waals surface area contributed by atoms with Gasteiger partial charge in [0.05, 0.1) is 13.7 Å². The molecule has 0 aromatic heterocycles. The molecule has 1 unspecified atom stereocenters. The average Bonchev–Trinajstić information content (AvgIpc) is 2.44. The van der Waals surface area contributed by atoms with Gasteiger partial charge >= 0.3 is 5.97 Å². The van der Waals surface area contributed by atoms with Crippen LogP contribution in [0.1, 0.15) is 31.7 Å². The Balaban J connectivity index is 2.64. The molecule has 1 N–H and O–H groups in total. The fraction of sp³-hybridized carbons (Fsp3) is 0.533. The summed E-state index contributed by atoms with van der Waals surface area (Å²) < 4.78 is 9.89. The number of rotatable bonds is 8. The monoisotopic (exact) mass is 265 g/mol. The number of unbranched alkanes of at least 4 members (excludes halogenated alkanes) is 1. The lowest BCUT2D eigenvalue weighted by Crippen LogP contribution is -2.30. The Hall–Kier alpha value is -1.55. The lowest BCUT2D eigenvalue weighted by atomic mass is 10.1. The van der Waals surface area contributed by atoms with Crippen molar-refractivity contribution in [3.8, 4) is 0 Å². The number of hydrogen-bond acceptors (Lipinski definition) is 4. The van der Waals surface area contributed by atoms with Gasteiger partial charge in [-0.25, -0.2) is 4.79 Å². The Kier molecular flexibility index (Phi) is 6.97. The fourth-order valence-electron chi connectivity index (χ4n) is 1.86. The average molecular weight is 265 g/mol. The van der Waals surface area contributed by atoms with Gasteiger partial charge in [-0.15, -0.1) is 0 Å². The first-order valence-electron chi connectivity index (χ1n) is 6.63. The van der Waals surface area contributed by atoms with E-state index in [1.807, 2.05) is 24.3 Å². The highest BCUT2D eigenvalue weighted by Gasteiger charge is 2.17. The molecule has 0 spiro atoms. The summed E-state index contributed by atoms with van der Waals surface area (Å²) in [6.07, 6.45) is 2.83. The fourth-order valence-corrected chi connectivity index (χ4v) is 1.86. The lowest BCUT2D eigenvalue weighted by molar-refractivity contribution is -0.141. The maximum Gasteiger partial charge on any atom is 0.328 e. The molecule has 1 aromatic rings. The normalized spacial score (nSPS) is 11.9. The lowest BCUT2D eigenvalue weighted by Gasteiger charge is -2.17. The Morgan fingerprint density at radius 3 is 2.47 bits per heavy atom. The van der Waals surface area contributed by atoms with Crippen molar-refractivity contribution in [3.63, 3.8) is 0 Å². The molecule has 0 bridgehead atoms. The van der Waals surface area contributed by atoms with Crippen molar-refractivity contribution in [2.24, 2.45) is 0 Å². The Labute approximate surface area is 115 Å². The third-order valence-electron chi connectivity index (χ3n) is 2.94. The molecule has 0 amide bonds. The summed E-state index contributed by atoms with van der Waals surface area (Å²) in [4.78, 5) is 11.7. The van der Waals surface area contributed by atoms with E-state index in [1.54, 1.807) is 7.11 Å². The van der Waals surface area contributed by atoms with Gasteiger partial charge in [0, 0.05) is 12.8 Å². The third kappa shape index (κ3) is 5.30. The molecule has 19 heavy (non-hydrogen) atoms. The van der Waals surface area contributed by atoms with Gasteiger partial charge in [0.25, 0.3) is 0 Å². The highest BCUT2D eigenvalue weighted by Crippen LogP contribution is 2.14. The van der Waals surface area contributed by atoms with Gasteiger partial charge < -0.3 is 14.8 Å². The van der Waals surface area contributed by atoms with E-state index in [0.29, 0.717) is 6.61 Å². The number of esters is 1. The van der Waals surface area contributed by atoms with Crippen molar-refractivity contribution < 1.29 is 14.3 Å². The second-order valence-corrected chi connectivity index (χ2v) is 4.49. The van der Waals surface area contributed by atoms with Crippen LogP contribution in [0.4, 0.5) is 5.69 Å². The van der Waals surface area contributed by atoms with Crippen LogP contribution in [0.3, 0.4) is 0 Å². The minimum absolute atomic E-state index is 0.214. The molecule has 0 aliphatic heterocycles. The predicted octanol–water partition coefficient (Wildman–Crippen LogP) is 2.98. The van der Waals surface area contributed by atoms with E-state index >= 15 is 0 Å². The molecule has 0 radical (unpaired) electrons. The minimum Gasteiger partial charge on any atom is -0.467 e. The van der Waals surface area contributed by atoms with Crippen molar-refractivity contribution in [2.45, 2.75) is 38.8 Å². The summed E-state index contributed by atoms with van der Waals surface area (Å²) in [7, 11) is 3.09. The van der Waals surface area contributed by atoms with Crippen LogP contribution in [-0.2, 0) is 20.9 Å². The van der Waals surface area contributed by atoms with Crippen molar-refractivity contribution in [1.82, 2.24) is 0 Å². The highest BCUT2D eigenvalue weighted by molar-refractivity contribution is 5.79. The number of nitrogens with one attached hydrogen (secondary N) is 1. The molecule has 1 aromatic carbocycles. The molecule has 1 rings (SSSR count). The SMILES string of the molecule is CCCCC(Nc1ccc(COC)cc1)C(=O)OC. The third-order valence-corrected chi connectivity index (χ3v) is 2.94. The van der Waals surface area contributed by atoms with E-state index < -0.39 is 0 Å². The van der Waals surface area contributed by atoms with Gasteiger partial charge in [-0.05, 0) is 24.1 Å². The Morgan fingerprint density at radius 2 is 1.95 bits per heavy atom. The topological polar surface area (TPSA) is 47.6 Å². The van der Waals surface area contributed by atoms with E-state index in [1.165, 1.54) is 7.11 Å². The molecule has 4 heteroatoms. The van der Waals surface area contributed by atoms with E-state index in [9.17, 15) is 4.79 Å². The largest absolute Gasteiger partial charge is 0.467 e. The maximum absolute atomic E-state index is 11.7. The number of hydrogen-bond donors (Lipinski definition) is 1. The van der Waals surface area contributed by atoms with Crippen LogP contribution in [0.2, 0.25) is 0 Å². The number of anilines is 1. The van der Waals surface area contributed by atoms with E-state index in [-0.39, 0.29) is 12.0 Å². The number of benzene rings is 1. The molecule has 0 aliphatic rings. The smallest absolute Gasteiger partial charge is 0.328 e. The summed E-state index contributed by atoms with van der Waals surface area (Å²) in [5.74, 6) is -0.214. The summed E-state index contributed by atoms with van der Waals surface area (Å²) in [6.45, 7) is 2.70. The van der Waals surface area contributed by atoms with Crippen LogP contribution in [0.15, 0.2) is 24.3 Å². The van der Waals surface area contributed by atoms with Crippen molar-refractivity contribution in [3.05, 3.63) is 29.8 Å². The Morgan fingerprint density at radius 1 is 1.26 bits per heavy atom. The van der Waals surface area contributed by atoms with Gasteiger partial charge in [-0.2, -0.15) is 0 Å². The summed E-state index contributed by atoms with van der Waals surface area (Å²) >= 11 is 0. The summed E-state index contributed by atoms with van der Waals surface area (Å²) in [5.41, 5.74) is 2.03. The molecule has 0 aliphatic carbocycles. The van der Waals surface area contributed by atoms with Crippen molar-refractivity contribution >= 4 is 11.7 Å². The molecule has 0 saturated carbocycles. The molecule has 4 nitrogen and oxygen atoms in total. The number of carbonyl (C=O) groups excluding carboxylic acids is 1. The summed E-state index contributed by atoms with van der Waals surface area (Å²) in [5, 5.41) is 3.22. The molecule has 0 heterocycles. The zero-order valence-electron chi connectivity index (χ0n) is 11.9. The van der Waals surface area contributed by atoms with E-state index in [2.05, 4.69) is 12.2 Å². The molecule has 0 fully saturated rings. The first-order chi connectivity index (χ1) is 9.21. The van der Waals surface area contributed by atoms with Gasteiger partial charge in [-0.3, -0.25) is 0 Å². The predicted molar refractivity (Wildman–Crippen MR) is 76.1 cm³/mol. The second kappa shape index (κ2) is 8.53. The zero-order valence-corrected chi connectivity index (χ0v) is 11.9. The van der Waals surface area contributed by atoms with Crippen molar-refractivity contribution in [1.29, 1.82) is 0 Å². The standard InChI is InChI=1S/C15H23NO3/c1-4-5-6-14(15(17)19-3)16-13-9-7-12(8-10-13)11-18-2/h7-10,14,16H,4-6,11H2,1-3H3. The van der Waals surface area contributed by atoms with Gasteiger partial charge in [-0.1, -0.05) is 31.9 Å². The van der Waals surface area contributed by atoms with E-state index in [0.717, 1.165) is 30.5 Å². The van der Waals surface area contributed by atoms with E-state index in [4.69, 9.17) is 9.47 Å². The molecule has 106 valence electrons. The first-order valence-corrected chi connectivity index (χ1v) is 6.63. The van der Waals surface area contributed by atoms with Gasteiger partial charge in [0.2, 0.25) is 0 Å². The van der Waals surface area contributed by atoms with Gasteiger partial charge in [0.15, 0.2) is 0 Å². The van der Waals surface area contributed by atoms with Crippen LogP contribution in [0.25, 0.3) is 0 Å². The van der Waals surface area contributed by atoms with Crippen LogP contribution in [-0.4, -0.2) is 26.2 Å². The molecular weight excluding hydrogens is 242 g/mol. The molecule has 0 saturated heterocycles. The number of carbonyl (C=O) groups is 1. The molecule has 1 atom stereocenters. The van der Waals surface area contributed by atoms with Crippen LogP contribution in [0.5, 0.6) is 0 Å². The summed E-state index contributed by atoms with van der Waals surface area (Å²) in [6, 6.07) is 7.60. The van der Waals surface area contributed by atoms with Crippen LogP contribution in [0, 0.1) is 0 Å². The van der Waals surface area contributed by atoms with Gasteiger partial charge in [0.1, 0.15) is 6.04 Å². The minimum atomic E-state index is -0.279. The van der Waals surface area contributed by atoms with Crippen LogP contribution >= 0.6 is 0 Å². The second-order valence-electron chi connectivity index (χ2n) is 4.49. The highest BCUT2D eigenvalue weighted by atomic mass is 16.5. The Bertz CT molecular complexity index is 375. The molecular formula is C15H23NO3. The maximum atomic E-state index is 11.7.